The number of aromatic nitrogens is 4. The van der Waals surface area contributed by atoms with Crippen LogP contribution in [0.3, 0.4) is 0 Å². The molecule has 1 aromatic carbocycles. The molecular weight excluding hydrogens is 399 g/mol. The number of amides is 1. The Hall–Kier alpha value is -3.71. The Kier molecular flexibility index (Phi) is 5.68. The van der Waals surface area contributed by atoms with Crippen molar-refractivity contribution in [3.05, 3.63) is 59.8 Å². The first-order valence-electron chi connectivity index (χ1n) is 9.95. The van der Waals surface area contributed by atoms with Crippen molar-refractivity contribution >= 4 is 17.4 Å². The minimum Gasteiger partial charge on any atom is -0.365 e. The van der Waals surface area contributed by atoms with Gasteiger partial charge in [0, 0.05) is 38.2 Å². The molecule has 1 saturated heterocycles. The summed E-state index contributed by atoms with van der Waals surface area (Å²) in [5.41, 5.74) is 7.42. The topological polar surface area (TPSA) is 118 Å². The minimum atomic E-state index is -0.632. The summed E-state index contributed by atoms with van der Waals surface area (Å²) < 4.78 is 16.7. The van der Waals surface area contributed by atoms with Gasteiger partial charge in [0.25, 0.3) is 5.91 Å². The molecule has 3 aromatic rings. The van der Waals surface area contributed by atoms with E-state index in [2.05, 4.69) is 26.5 Å². The van der Waals surface area contributed by atoms with Crippen LogP contribution in [-0.2, 0) is 13.6 Å². The number of nitrogens with zero attached hydrogens (tertiary/aromatic N) is 6. The number of likely N-dealkylation sites (tertiary alicyclic amines) is 1. The van der Waals surface area contributed by atoms with Gasteiger partial charge in [0.15, 0.2) is 5.82 Å². The average molecular weight is 422 g/mol. The lowest BCUT2D eigenvalue weighted by molar-refractivity contribution is 0.1000. The van der Waals surface area contributed by atoms with E-state index in [1.807, 2.05) is 17.8 Å². The molecule has 4 rings (SSSR count). The third kappa shape index (κ3) is 4.41. The fraction of sp³-hybridized carbons (Fsp3) is 0.333. The average Bonchev–Trinajstić information content (AvgIpc) is 3.36. The zero-order valence-corrected chi connectivity index (χ0v) is 17.1. The summed E-state index contributed by atoms with van der Waals surface area (Å²) >= 11 is 0. The summed E-state index contributed by atoms with van der Waals surface area (Å²) in [5, 5.41) is 21.5. The van der Waals surface area contributed by atoms with Crippen LogP contribution in [-0.4, -0.2) is 43.5 Å². The van der Waals surface area contributed by atoms with Gasteiger partial charge in [0.05, 0.1) is 23.7 Å². The van der Waals surface area contributed by atoms with Gasteiger partial charge in [-0.2, -0.15) is 15.5 Å². The molecule has 0 aliphatic carbocycles. The normalized spacial score (nSPS) is 19.1. The maximum Gasteiger partial charge on any atom is 0.254 e. The van der Waals surface area contributed by atoms with Crippen molar-refractivity contribution in [1.29, 1.82) is 5.26 Å². The molecule has 0 bridgehead atoms. The number of halogens is 1. The highest BCUT2D eigenvalue weighted by atomic mass is 19.1. The second-order valence-electron chi connectivity index (χ2n) is 7.64. The number of hydrogen-bond donors (Lipinski definition) is 2. The van der Waals surface area contributed by atoms with Crippen molar-refractivity contribution < 1.29 is 9.18 Å². The molecule has 9 nitrogen and oxygen atoms in total. The SMILES string of the molecule is Cn1nccc1CN1CC[C@H](C#N)[C@@H](n2cc(C(N)=O)c(Nc3ccc(F)cc3)n2)C1. The van der Waals surface area contributed by atoms with Gasteiger partial charge in [-0.25, -0.2) is 4.39 Å². The van der Waals surface area contributed by atoms with Gasteiger partial charge in [-0.3, -0.25) is 19.1 Å². The molecule has 3 heterocycles. The second-order valence-corrected chi connectivity index (χ2v) is 7.64. The molecule has 0 saturated carbocycles. The number of aryl methyl sites for hydroxylation is 1. The van der Waals surface area contributed by atoms with Gasteiger partial charge in [0.1, 0.15) is 11.4 Å². The van der Waals surface area contributed by atoms with Crippen molar-refractivity contribution in [3.8, 4) is 6.07 Å². The molecule has 160 valence electrons. The fourth-order valence-corrected chi connectivity index (χ4v) is 3.85. The standard InChI is InChI=1S/C21H23FN8O/c1-28-17(6-8-25-28)11-29-9-7-14(10-23)19(13-29)30-12-18(20(24)31)21(27-30)26-16-4-2-15(22)3-5-16/h2-6,8,12,14,19H,7,9,11,13H2,1H3,(H2,24,31)(H,26,27)/t14-,19+/m1/s1. The Morgan fingerprint density at radius 2 is 2.13 bits per heavy atom. The van der Waals surface area contributed by atoms with Crippen molar-refractivity contribution in [3.63, 3.8) is 0 Å². The summed E-state index contributed by atoms with van der Waals surface area (Å²) in [4.78, 5) is 14.3. The van der Waals surface area contributed by atoms with E-state index >= 15 is 0 Å². The molecule has 0 spiro atoms. The first-order chi connectivity index (χ1) is 14.9. The molecular formula is C21H23FN8O. The van der Waals surface area contributed by atoms with Gasteiger partial charge in [0.2, 0.25) is 0 Å². The van der Waals surface area contributed by atoms with Gasteiger partial charge in [-0.1, -0.05) is 0 Å². The van der Waals surface area contributed by atoms with Crippen molar-refractivity contribution in [2.24, 2.45) is 18.7 Å². The lowest BCUT2D eigenvalue weighted by Crippen LogP contribution is -2.41. The molecule has 1 amide bonds. The van der Waals surface area contributed by atoms with Gasteiger partial charge < -0.3 is 11.1 Å². The smallest absolute Gasteiger partial charge is 0.254 e. The molecule has 31 heavy (non-hydrogen) atoms. The van der Waals surface area contributed by atoms with Crippen LogP contribution in [0.2, 0.25) is 0 Å². The summed E-state index contributed by atoms with van der Waals surface area (Å²) in [7, 11) is 1.90. The maximum absolute atomic E-state index is 13.2. The first-order valence-corrected chi connectivity index (χ1v) is 9.95. The van der Waals surface area contributed by atoms with Gasteiger partial charge in [-0.15, -0.1) is 0 Å². The third-order valence-electron chi connectivity index (χ3n) is 5.58. The minimum absolute atomic E-state index is 0.213. The van der Waals surface area contributed by atoms with E-state index in [9.17, 15) is 14.4 Å². The molecule has 1 fully saturated rings. The lowest BCUT2D eigenvalue weighted by atomic mass is 9.93. The zero-order valence-electron chi connectivity index (χ0n) is 17.1. The Morgan fingerprint density at radius 1 is 1.35 bits per heavy atom. The zero-order chi connectivity index (χ0) is 22.0. The summed E-state index contributed by atoms with van der Waals surface area (Å²) in [6, 6.07) is 9.82. The summed E-state index contributed by atoms with van der Waals surface area (Å²) in [6.07, 6.45) is 4.02. The van der Waals surface area contributed by atoms with E-state index in [4.69, 9.17) is 5.73 Å². The molecule has 1 aliphatic heterocycles. The molecule has 2 aromatic heterocycles. The Balaban J connectivity index is 1.59. The van der Waals surface area contributed by atoms with E-state index in [1.54, 1.807) is 29.2 Å². The van der Waals surface area contributed by atoms with Crippen molar-refractivity contribution in [1.82, 2.24) is 24.5 Å². The monoisotopic (exact) mass is 422 g/mol. The predicted molar refractivity (Wildman–Crippen MR) is 112 cm³/mol. The number of nitrogens with one attached hydrogen (secondary N) is 1. The lowest BCUT2D eigenvalue weighted by Gasteiger charge is -2.35. The highest BCUT2D eigenvalue weighted by Crippen LogP contribution is 2.30. The Morgan fingerprint density at radius 3 is 2.77 bits per heavy atom. The van der Waals surface area contributed by atoms with Crippen LogP contribution in [0.15, 0.2) is 42.7 Å². The molecule has 0 unspecified atom stereocenters. The van der Waals surface area contributed by atoms with Crippen LogP contribution < -0.4 is 11.1 Å². The third-order valence-corrected chi connectivity index (χ3v) is 5.58. The van der Waals surface area contributed by atoms with Crippen LogP contribution in [0.5, 0.6) is 0 Å². The number of nitrogens with two attached hydrogens (primary N) is 1. The van der Waals surface area contributed by atoms with Gasteiger partial charge >= 0.3 is 0 Å². The summed E-state index contributed by atoms with van der Waals surface area (Å²) in [6.45, 7) is 2.08. The highest BCUT2D eigenvalue weighted by Gasteiger charge is 2.32. The molecule has 3 N–H and O–H groups in total. The fourth-order valence-electron chi connectivity index (χ4n) is 3.85. The quantitative estimate of drug-likeness (QED) is 0.629. The Bertz CT molecular complexity index is 1110. The number of hydrogen-bond acceptors (Lipinski definition) is 6. The van der Waals surface area contributed by atoms with Crippen molar-refractivity contribution in [2.45, 2.75) is 19.0 Å². The van der Waals surface area contributed by atoms with Crippen LogP contribution >= 0.6 is 0 Å². The van der Waals surface area contributed by atoms with E-state index < -0.39 is 5.91 Å². The van der Waals surface area contributed by atoms with E-state index in [-0.39, 0.29) is 29.2 Å². The Labute approximate surface area is 178 Å². The number of carbonyl (C=O) groups excluding carboxylic acids is 1. The maximum atomic E-state index is 13.2. The number of rotatable bonds is 6. The van der Waals surface area contributed by atoms with E-state index in [0.717, 1.165) is 12.2 Å². The number of benzene rings is 1. The number of piperidine rings is 1. The van der Waals surface area contributed by atoms with Crippen LogP contribution in [0.25, 0.3) is 0 Å². The van der Waals surface area contributed by atoms with Crippen LogP contribution in [0.1, 0.15) is 28.5 Å². The molecule has 2 atom stereocenters. The molecule has 10 heteroatoms. The van der Waals surface area contributed by atoms with Gasteiger partial charge in [-0.05, 0) is 43.3 Å². The van der Waals surface area contributed by atoms with Crippen LogP contribution in [0, 0.1) is 23.1 Å². The first kappa shape index (κ1) is 20.6. The number of nitriles is 1. The summed E-state index contributed by atoms with van der Waals surface area (Å²) in [5.74, 6) is -0.965. The predicted octanol–water partition coefficient (Wildman–Crippen LogP) is 2.18. The van der Waals surface area contributed by atoms with Crippen LogP contribution in [0.4, 0.5) is 15.9 Å². The largest absolute Gasteiger partial charge is 0.365 e. The molecule has 0 radical (unpaired) electrons. The molecule has 1 aliphatic rings. The number of carbonyl (C=O) groups is 1. The van der Waals surface area contributed by atoms with Crippen molar-refractivity contribution in [2.75, 3.05) is 18.4 Å². The number of primary amides is 1. The van der Waals surface area contributed by atoms with E-state index in [0.29, 0.717) is 25.2 Å². The highest BCUT2D eigenvalue weighted by molar-refractivity contribution is 5.98. The number of anilines is 2. The van der Waals surface area contributed by atoms with E-state index in [1.165, 1.54) is 12.1 Å². The second kappa shape index (κ2) is 8.57.